The first kappa shape index (κ1) is 18.7. The molecule has 1 aliphatic carbocycles. The molecule has 3 heterocycles. The summed E-state index contributed by atoms with van der Waals surface area (Å²) < 4.78 is 9.09. The number of ether oxygens (including phenoxy) is 1. The maximum atomic E-state index is 12.8. The van der Waals surface area contributed by atoms with Gasteiger partial charge in [-0.3, -0.25) is 9.59 Å². The lowest BCUT2D eigenvalue weighted by Crippen LogP contribution is -2.45. The molecule has 2 aromatic heterocycles. The van der Waals surface area contributed by atoms with Crippen LogP contribution in [0.25, 0.3) is 5.65 Å². The van der Waals surface area contributed by atoms with Crippen molar-refractivity contribution >= 4 is 17.5 Å². The number of imidazole rings is 1. The van der Waals surface area contributed by atoms with E-state index in [2.05, 4.69) is 15.7 Å². The summed E-state index contributed by atoms with van der Waals surface area (Å²) in [5, 5.41) is 10.5. The van der Waals surface area contributed by atoms with Crippen LogP contribution in [0.15, 0.2) is 36.8 Å². The number of aromatic nitrogens is 3. The number of carbonyl (C=O) groups excluding carboxylic acids is 2. The van der Waals surface area contributed by atoms with Gasteiger partial charge in [-0.15, -0.1) is 0 Å². The lowest BCUT2D eigenvalue weighted by atomic mass is 9.90. The molecule has 8 heteroatoms. The van der Waals surface area contributed by atoms with Crippen molar-refractivity contribution in [3.05, 3.63) is 53.5 Å². The van der Waals surface area contributed by atoms with E-state index in [0.717, 1.165) is 49.1 Å². The first-order chi connectivity index (χ1) is 14.6. The van der Waals surface area contributed by atoms with Crippen LogP contribution in [0, 0.1) is 0 Å². The van der Waals surface area contributed by atoms with Gasteiger partial charge in [0.2, 0.25) is 0 Å². The van der Waals surface area contributed by atoms with E-state index < -0.39 is 0 Å². The molecule has 1 aliphatic heterocycles. The van der Waals surface area contributed by atoms with Crippen LogP contribution < -0.4 is 15.4 Å². The highest BCUT2D eigenvalue weighted by molar-refractivity contribution is 6.00. The zero-order valence-corrected chi connectivity index (χ0v) is 16.9. The minimum Gasteiger partial charge on any atom is -0.493 e. The van der Waals surface area contributed by atoms with Crippen LogP contribution >= 0.6 is 0 Å². The van der Waals surface area contributed by atoms with Crippen molar-refractivity contribution in [1.29, 1.82) is 0 Å². The lowest BCUT2D eigenvalue weighted by molar-refractivity contribution is 0.0903. The first-order valence-electron chi connectivity index (χ1n) is 10.4. The van der Waals surface area contributed by atoms with Gasteiger partial charge in [0.1, 0.15) is 17.0 Å². The van der Waals surface area contributed by atoms with Gasteiger partial charge in [-0.1, -0.05) is 0 Å². The predicted octanol–water partition coefficient (Wildman–Crippen LogP) is 2.08. The van der Waals surface area contributed by atoms with E-state index in [1.807, 2.05) is 42.2 Å². The summed E-state index contributed by atoms with van der Waals surface area (Å²) >= 11 is 0. The minimum atomic E-state index is -0.123. The smallest absolute Gasteiger partial charge is 0.256 e. The SMILES string of the molecule is Cn1ccn2ncc(C(=O)N[C@@H]3CCC[C@@H](NC(=O)c4ccc5c(c4)CCO5)C3)c12. The Morgan fingerprint density at radius 3 is 2.77 bits per heavy atom. The molecule has 0 unspecified atom stereocenters. The summed E-state index contributed by atoms with van der Waals surface area (Å²) in [5.41, 5.74) is 3.09. The van der Waals surface area contributed by atoms with E-state index >= 15 is 0 Å². The molecule has 2 aliphatic rings. The Kier molecular flexibility index (Phi) is 4.69. The fraction of sp³-hybridized carbons (Fsp3) is 0.409. The molecule has 30 heavy (non-hydrogen) atoms. The van der Waals surface area contributed by atoms with Crippen LogP contribution in [-0.2, 0) is 13.5 Å². The van der Waals surface area contributed by atoms with Crippen molar-refractivity contribution in [3.63, 3.8) is 0 Å². The Morgan fingerprint density at radius 1 is 1.13 bits per heavy atom. The molecule has 1 aromatic carbocycles. The lowest BCUT2D eigenvalue weighted by Gasteiger charge is -2.30. The highest BCUT2D eigenvalue weighted by Crippen LogP contribution is 2.26. The molecular weight excluding hydrogens is 382 g/mol. The number of hydrogen-bond acceptors (Lipinski definition) is 4. The van der Waals surface area contributed by atoms with Gasteiger partial charge in [-0.25, -0.2) is 4.52 Å². The second-order valence-corrected chi connectivity index (χ2v) is 8.16. The fourth-order valence-corrected chi connectivity index (χ4v) is 4.52. The molecule has 1 fully saturated rings. The number of nitrogens with zero attached hydrogens (tertiary/aromatic N) is 3. The van der Waals surface area contributed by atoms with Gasteiger partial charge >= 0.3 is 0 Å². The normalized spacial score (nSPS) is 20.6. The van der Waals surface area contributed by atoms with Gasteiger partial charge in [0.05, 0.1) is 12.8 Å². The summed E-state index contributed by atoms with van der Waals surface area (Å²) in [6, 6.07) is 5.68. The van der Waals surface area contributed by atoms with Crippen molar-refractivity contribution in [2.24, 2.45) is 7.05 Å². The molecule has 1 saturated carbocycles. The third kappa shape index (κ3) is 3.42. The van der Waals surface area contributed by atoms with E-state index in [4.69, 9.17) is 4.74 Å². The van der Waals surface area contributed by atoms with Gasteiger partial charge in [0.25, 0.3) is 11.8 Å². The average Bonchev–Trinajstić information content (AvgIpc) is 3.45. The highest BCUT2D eigenvalue weighted by atomic mass is 16.5. The first-order valence-corrected chi connectivity index (χ1v) is 10.4. The van der Waals surface area contributed by atoms with Crippen LogP contribution in [-0.4, -0.2) is 44.7 Å². The molecule has 2 amide bonds. The summed E-state index contributed by atoms with van der Waals surface area (Å²) in [6.45, 7) is 0.677. The molecule has 8 nitrogen and oxygen atoms in total. The number of rotatable bonds is 4. The van der Waals surface area contributed by atoms with E-state index in [1.165, 1.54) is 0 Å². The molecule has 0 radical (unpaired) electrons. The van der Waals surface area contributed by atoms with Gasteiger partial charge in [-0.2, -0.15) is 5.10 Å². The van der Waals surface area contributed by atoms with Crippen LogP contribution in [0.1, 0.15) is 52.0 Å². The van der Waals surface area contributed by atoms with Gasteiger partial charge < -0.3 is 19.9 Å². The molecule has 0 spiro atoms. The number of carbonyl (C=O) groups is 2. The molecule has 3 aromatic rings. The third-order valence-corrected chi connectivity index (χ3v) is 6.08. The molecule has 2 atom stereocenters. The quantitative estimate of drug-likeness (QED) is 0.693. The number of nitrogens with one attached hydrogen (secondary N) is 2. The maximum Gasteiger partial charge on any atom is 0.256 e. The standard InChI is InChI=1S/C22H25N5O3/c1-26-8-9-27-22(26)18(13-23-27)21(29)25-17-4-2-3-16(12-17)24-20(28)15-5-6-19-14(11-15)7-10-30-19/h5-6,8-9,11,13,16-17H,2-4,7,10,12H2,1H3,(H,24,28)(H,25,29)/t16-,17-/m1/s1. The summed E-state index contributed by atoms with van der Waals surface area (Å²) in [6.07, 6.45) is 9.65. The van der Waals surface area contributed by atoms with Crippen LogP contribution in [0.4, 0.5) is 0 Å². The zero-order chi connectivity index (χ0) is 20.7. The Balaban J connectivity index is 1.22. The number of amides is 2. The second-order valence-electron chi connectivity index (χ2n) is 8.16. The van der Waals surface area contributed by atoms with Crippen molar-refractivity contribution in [2.45, 2.75) is 44.2 Å². The minimum absolute atomic E-state index is 0.0280. The summed E-state index contributed by atoms with van der Waals surface area (Å²) in [7, 11) is 1.89. The van der Waals surface area contributed by atoms with Gasteiger partial charge in [0.15, 0.2) is 0 Å². The van der Waals surface area contributed by atoms with E-state index in [9.17, 15) is 9.59 Å². The average molecular weight is 407 g/mol. The van der Waals surface area contributed by atoms with E-state index in [1.54, 1.807) is 10.7 Å². The van der Waals surface area contributed by atoms with Crippen molar-refractivity contribution < 1.29 is 14.3 Å². The molecule has 156 valence electrons. The maximum absolute atomic E-state index is 12.8. The Hall–Kier alpha value is -3.29. The van der Waals surface area contributed by atoms with Crippen LogP contribution in [0.2, 0.25) is 0 Å². The molecule has 0 bridgehead atoms. The predicted molar refractivity (Wildman–Crippen MR) is 111 cm³/mol. The number of hydrogen-bond donors (Lipinski definition) is 2. The zero-order valence-electron chi connectivity index (χ0n) is 16.9. The molecule has 2 N–H and O–H groups in total. The Labute approximate surface area is 174 Å². The second kappa shape index (κ2) is 7.51. The van der Waals surface area contributed by atoms with Crippen molar-refractivity contribution in [3.8, 4) is 5.75 Å². The van der Waals surface area contributed by atoms with Crippen molar-refractivity contribution in [2.75, 3.05) is 6.61 Å². The highest BCUT2D eigenvalue weighted by Gasteiger charge is 2.27. The fourth-order valence-electron chi connectivity index (χ4n) is 4.52. The Morgan fingerprint density at radius 2 is 1.93 bits per heavy atom. The largest absolute Gasteiger partial charge is 0.493 e. The molecular formula is C22H25N5O3. The molecule has 5 rings (SSSR count). The summed E-state index contributed by atoms with van der Waals surface area (Å²) in [5.74, 6) is 0.686. The third-order valence-electron chi connectivity index (χ3n) is 6.08. The molecule has 0 saturated heterocycles. The monoisotopic (exact) mass is 407 g/mol. The number of aryl methyl sites for hydroxylation is 1. The number of benzene rings is 1. The Bertz CT molecular complexity index is 1120. The van der Waals surface area contributed by atoms with Gasteiger partial charge in [0, 0.05) is 43.5 Å². The van der Waals surface area contributed by atoms with Crippen molar-refractivity contribution in [1.82, 2.24) is 24.8 Å². The van der Waals surface area contributed by atoms with Crippen LogP contribution in [0.3, 0.4) is 0 Å². The number of fused-ring (bicyclic) bond motifs is 2. The van der Waals surface area contributed by atoms with E-state index in [-0.39, 0.29) is 23.9 Å². The van der Waals surface area contributed by atoms with E-state index in [0.29, 0.717) is 17.7 Å². The van der Waals surface area contributed by atoms with Crippen LogP contribution in [0.5, 0.6) is 5.75 Å². The topological polar surface area (TPSA) is 89.7 Å². The van der Waals surface area contributed by atoms with Gasteiger partial charge in [-0.05, 0) is 49.4 Å². The summed E-state index contributed by atoms with van der Waals surface area (Å²) in [4.78, 5) is 25.5.